The molecular weight excluding hydrogens is 274 g/mol. The maximum atomic E-state index is 12.2. The predicted molar refractivity (Wildman–Crippen MR) is 77.4 cm³/mol. The summed E-state index contributed by atoms with van der Waals surface area (Å²) in [7, 11) is 2.73. The number of methoxy groups -OCH3 is 2. The van der Waals surface area contributed by atoms with E-state index in [0.717, 1.165) is 0 Å². The van der Waals surface area contributed by atoms with E-state index in [0.29, 0.717) is 12.2 Å². The van der Waals surface area contributed by atoms with Crippen LogP contribution in [0.4, 0.5) is 0 Å². The molecular formula is C15H21NO5. The molecule has 0 spiro atoms. The summed E-state index contributed by atoms with van der Waals surface area (Å²) in [5, 5.41) is 12.3. The number of phenols is 1. The Balaban J connectivity index is 2.93. The van der Waals surface area contributed by atoms with Gasteiger partial charge in [-0.1, -0.05) is 13.8 Å². The fourth-order valence-electron chi connectivity index (χ4n) is 1.89. The van der Waals surface area contributed by atoms with Crippen LogP contribution < -0.4 is 10.1 Å². The third-order valence-corrected chi connectivity index (χ3v) is 2.95. The number of ether oxygens (including phenoxy) is 2. The molecule has 1 aromatic carbocycles. The van der Waals surface area contributed by atoms with Crippen LogP contribution in [0.2, 0.25) is 0 Å². The van der Waals surface area contributed by atoms with E-state index in [1.165, 1.54) is 32.4 Å². The molecule has 6 heteroatoms. The molecule has 116 valence electrons. The minimum atomic E-state index is -0.756. The molecule has 1 aromatic rings. The molecule has 1 atom stereocenters. The van der Waals surface area contributed by atoms with Crippen LogP contribution in [0.25, 0.3) is 0 Å². The van der Waals surface area contributed by atoms with Gasteiger partial charge in [0.05, 0.1) is 19.8 Å². The van der Waals surface area contributed by atoms with Gasteiger partial charge >= 0.3 is 5.97 Å². The van der Waals surface area contributed by atoms with Crippen molar-refractivity contribution in [3.8, 4) is 11.5 Å². The first-order valence-electron chi connectivity index (χ1n) is 6.64. The van der Waals surface area contributed by atoms with Crippen molar-refractivity contribution in [1.29, 1.82) is 0 Å². The van der Waals surface area contributed by atoms with Gasteiger partial charge in [0.2, 0.25) is 0 Å². The summed E-state index contributed by atoms with van der Waals surface area (Å²) in [6, 6.07) is 3.56. The van der Waals surface area contributed by atoms with E-state index in [1.807, 2.05) is 13.8 Å². The third kappa shape index (κ3) is 4.66. The van der Waals surface area contributed by atoms with Gasteiger partial charge in [0, 0.05) is 0 Å². The number of benzene rings is 1. The maximum absolute atomic E-state index is 12.2. The number of hydrogen-bond acceptors (Lipinski definition) is 5. The summed E-state index contributed by atoms with van der Waals surface area (Å²) in [4.78, 5) is 23.9. The van der Waals surface area contributed by atoms with Gasteiger partial charge in [0.25, 0.3) is 5.91 Å². The zero-order valence-electron chi connectivity index (χ0n) is 12.7. The van der Waals surface area contributed by atoms with Gasteiger partial charge in [-0.2, -0.15) is 0 Å². The Hall–Kier alpha value is -2.24. The highest BCUT2D eigenvalue weighted by molar-refractivity contribution is 5.99. The zero-order chi connectivity index (χ0) is 16.0. The van der Waals surface area contributed by atoms with E-state index in [-0.39, 0.29) is 17.2 Å². The van der Waals surface area contributed by atoms with Gasteiger partial charge in [-0.3, -0.25) is 4.79 Å². The molecule has 0 aliphatic rings. The van der Waals surface area contributed by atoms with Crippen LogP contribution in [-0.2, 0) is 9.53 Å². The quantitative estimate of drug-likeness (QED) is 0.781. The minimum Gasteiger partial charge on any atom is -0.507 e. The van der Waals surface area contributed by atoms with Gasteiger partial charge in [0.1, 0.15) is 17.5 Å². The van der Waals surface area contributed by atoms with E-state index in [2.05, 4.69) is 10.1 Å². The Morgan fingerprint density at radius 1 is 1.29 bits per heavy atom. The van der Waals surface area contributed by atoms with Crippen LogP contribution in [-0.4, -0.2) is 37.2 Å². The molecule has 0 aromatic heterocycles. The monoisotopic (exact) mass is 295 g/mol. The molecule has 6 nitrogen and oxygen atoms in total. The number of rotatable bonds is 6. The first-order chi connectivity index (χ1) is 9.88. The number of nitrogens with one attached hydrogen (secondary N) is 1. The van der Waals surface area contributed by atoms with Gasteiger partial charge in [0.15, 0.2) is 0 Å². The molecule has 1 unspecified atom stereocenters. The number of esters is 1. The number of carbonyl (C=O) groups is 2. The summed E-state index contributed by atoms with van der Waals surface area (Å²) in [5.74, 6) is -0.604. The second kappa shape index (κ2) is 7.52. The second-order valence-corrected chi connectivity index (χ2v) is 5.06. The van der Waals surface area contributed by atoms with Crippen molar-refractivity contribution in [2.75, 3.05) is 14.2 Å². The molecule has 0 saturated heterocycles. The Morgan fingerprint density at radius 3 is 2.48 bits per heavy atom. The average molecular weight is 295 g/mol. The molecule has 0 saturated carbocycles. The smallest absolute Gasteiger partial charge is 0.328 e. The topological polar surface area (TPSA) is 84.9 Å². The minimum absolute atomic E-state index is 0.0482. The van der Waals surface area contributed by atoms with Gasteiger partial charge in [-0.25, -0.2) is 4.79 Å². The van der Waals surface area contributed by atoms with E-state index in [1.54, 1.807) is 0 Å². The van der Waals surface area contributed by atoms with Crippen molar-refractivity contribution >= 4 is 11.9 Å². The van der Waals surface area contributed by atoms with E-state index < -0.39 is 17.9 Å². The Bertz CT molecular complexity index is 513. The van der Waals surface area contributed by atoms with Crippen LogP contribution in [0.15, 0.2) is 18.2 Å². The van der Waals surface area contributed by atoms with Crippen LogP contribution >= 0.6 is 0 Å². The van der Waals surface area contributed by atoms with E-state index >= 15 is 0 Å². The second-order valence-electron chi connectivity index (χ2n) is 5.06. The summed E-state index contributed by atoms with van der Waals surface area (Å²) < 4.78 is 9.70. The largest absolute Gasteiger partial charge is 0.507 e. The van der Waals surface area contributed by atoms with Gasteiger partial charge in [-0.05, 0) is 30.5 Å². The summed E-state index contributed by atoms with van der Waals surface area (Å²) >= 11 is 0. The standard InChI is InChI=1S/C15H21NO5/c1-9(2)7-12(15(19)21-4)16-14(18)11-8-10(20-3)5-6-13(11)17/h5-6,8-9,12,17H,7H2,1-4H3,(H,16,18). The van der Waals surface area contributed by atoms with Gasteiger partial charge < -0.3 is 19.9 Å². The number of carbonyl (C=O) groups excluding carboxylic acids is 2. The van der Waals surface area contributed by atoms with E-state index in [4.69, 9.17) is 4.74 Å². The van der Waals surface area contributed by atoms with Crippen LogP contribution in [0.5, 0.6) is 11.5 Å². The molecule has 0 heterocycles. The lowest BCUT2D eigenvalue weighted by molar-refractivity contribution is -0.143. The summed E-state index contributed by atoms with van der Waals surface area (Å²) in [6.07, 6.45) is 0.448. The highest BCUT2D eigenvalue weighted by Crippen LogP contribution is 2.23. The first kappa shape index (κ1) is 16.8. The fourth-order valence-corrected chi connectivity index (χ4v) is 1.89. The van der Waals surface area contributed by atoms with Gasteiger partial charge in [-0.15, -0.1) is 0 Å². The molecule has 1 rings (SSSR count). The molecule has 0 aliphatic heterocycles. The van der Waals surface area contributed by atoms with Crippen LogP contribution in [0.1, 0.15) is 30.6 Å². The predicted octanol–water partition coefficient (Wildman–Crippen LogP) is 1.72. The van der Waals surface area contributed by atoms with Crippen molar-refractivity contribution < 1.29 is 24.2 Å². The molecule has 0 aliphatic carbocycles. The number of amides is 1. The molecule has 0 bridgehead atoms. The summed E-state index contributed by atoms with van der Waals surface area (Å²) in [5.41, 5.74) is 0.0482. The van der Waals surface area contributed by atoms with Crippen molar-refractivity contribution in [3.63, 3.8) is 0 Å². The van der Waals surface area contributed by atoms with E-state index in [9.17, 15) is 14.7 Å². The van der Waals surface area contributed by atoms with Crippen LogP contribution in [0.3, 0.4) is 0 Å². The Labute approximate surface area is 124 Å². The van der Waals surface area contributed by atoms with Crippen molar-refractivity contribution in [3.05, 3.63) is 23.8 Å². The highest BCUT2D eigenvalue weighted by Gasteiger charge is 2.24. The van der Waals surface area contributed by atoms with Crippen LogP contribution in [0, 0.1) is 5.92 Å². The lowest BCUT2D eigenvalue weighted by Crippen LogP contribution is -2.42. The average Bonchev–Trinajstić information content (AvgIpc) is 2.45. The molecule has 21 heavy (non-hydrogen) atoms. The molecule has 2 N–H and O–H groups in total. The Morgan fingerprint density at radius 2 is 1.95 bits per heavy atom. The molecule has 0 fully saturated rings. The lowest BCUT2D eigenvalue weighted by Gasteiger charge is -2.18. The Kier molecular flexibility index (Phi) is 6.02. The number of aromatic hydroxyl groups is 1. The fraction of sp³-hybridized carbons (Fsp3) is 0.467. The normalized spacial score (nSPS) is 11.9. The molecule has 1 amide bonds. The van der Waals surface area contributed by atoms with Crippen molar-refractivity contribution in [2.24, 2.45) is 5.92 Å². The number of hydrogen-bond donors (Lipinski definition) is 2. The van der Waals surface area contributed by atoms with Crippen molar-refractivity contribution in [1.82, 2.24) is 5.32 Å². The summed E-state index contributed by atoms with van der Waals surface area (Å²) in [6.45, 7) is 3.87. The SMILES string of the molecule is COC(=O)C(CC(C)C)NC(=O)c1cc(OC)ccc1O. The highest BCUT2D eigenvalue weighted by atomic mass is 16.5. The number of phenolic OH excluding ortho intramolecular Hbond substituents is 1. The first-order valence-corrected chi connectivity index (χ1v) is 6.64. The zero-order valence-corrected chi connectivity index (χ0v) is 12.7. The maximum Gasteiger partial charge on any atom is 0.328 e. The van der Waals surface area contributed by atoms with Crippen molar-refractivity contribution in [2.45, 2.75) is 26.3 Å². The third-order valence-electron chi connectivity index (χ3n) is 2.95. The molecule has 0 radical (unpaired) electrons. The lowest BCUT2D eigenvalue weighted by atomic mass is 10.0.